The molecule has 1 N–H and O–H groups in total. The molecule has 0 bridgehead atoms. The van der Waals surface area contributed by atoms with Crippen LogP contribution in [0, 0.1) is 5.82 Å². The van der Waals surface area contributed by atoms with Gasteiger partial charge in [-0.2, -0.15) is 0 Å². The Labute approximate surface area is 183 Å². The van der Waals surface area contributed by atoms with Crippen LogP contribution in [0.15, 0.2) is 78.5 Å². The van der Waals surface area contributed by atoms with Crippen LogP contribution in [0.5, 0.6) is 5.75 Å². The Bertz CT molecular complexity index is 1170. The molecule has 0 spiro atoms. The Morgan fingerprint density at radius 1 is 0.935 bits per heavy atom. The van der Waals surface area contributed by atoms with E-state index in [2.05, 4.69) is 5.32 Å². The molecule has 0 fully saturated rings. The van der Waals surface area contributed by atoms with Crippen molar-refractivity contribution in [1.29, 1.82) is 0 Å². The van der Waals surface area contributed by atoms with E-state index in [0.717, 1.165) is 4.90 Å². The van der Waals surface area contributed by atoms with Crippen molar-refractivity contribution in [3.8, 4) is 5.75 Å². The highest BCUT2D eigenvalue weighted by Gasteiger charge is 2.40. The van der Waals surface area contributed by atoms with Gasteiger partial charge in [0, 0.05) is 5.02 Å². The Kier molecular flexibility index (Phi) is 5.73. The number of ether oxygens (including phenoxy) is 1. The van der Waals surface area contributed by atoms with E-state index in [1.165, 1.54) is 24.3 Å². The summed E-state index contributed by atoms with van der Waals surface area (Å²) < 4.78 is 19.1. The van der Waals surface area contributed by atoms with Crippen molar-refractivity contribution in [2.45, 2.75) is 6.92 Å². The number of para-hydroxylation sites is 2. The average Bonchev–Trinajstić information content (AvgIpc) is 3.01. The highest BCUT2D eigenvalue weighted by atomic mass is 35.5. The number of nitrogens with one attached hydrogen (secondary N) is 1. The van der Waals surface area contributed by atoms with Gasteiger partial charge in [-0.3, -0.25) is 9.59 Å². The number of nitrogens with zero attached hydrogens (tertiary/aromatic N) is 1. The third-order valence-electron chi connectivity index (χ3n) is 4.75. The van der Waals surface area contributed by atoms with E-state index in [4.69, 9.17) is 16.3 Å². The van der Waals surface area contributed by atoms with E-state index >= 15 is 0 Å². The van der Waals surface area contributed by atoms with E-state index in [1.807, 2.05) is 13.0 Å². The number of halogens is 2. The second kappa shape index (κ2) is 8.62. The van der Waals surface area contributed by atoms with E-state index < -0.39 is 17.6 Å². The van der Waals surface area contributed by atoms with Gasteiger partial charge in [-0.05, 0) is 61.0 Å². The van der Waals surface area contributed by atoms with Crippen LogP contribution < -0.4 is 15.0 Å². The highest BCUT2D eigenvalue weighted by Crippen LogP contribution is 2.36. The number of carbonyl (C=O) groups is 2. The molecule has 0 aromatic heterocycles. The first kappa shape index (κ1) is 20.6. The molecule has 1 aliphatic heterocycles. The maximum Gasteiger partial charge on any atom is 0.282 e. The summed E-state index contributed by atoms with van der Waals surface area (Å²) >= 11 is 5.95. The monoisotopic (exact) mass is 436 g/mol. The molecule has 156 valence electrons. The summed E-state index contributed by atoms with van der Waals surface area (Å²) in [5.74, 6) is -0.943. The number of imide groups is 1. The molecule has 0 aliphatic carbocycles. The molecular weight excluding hydrogens is 419 g/mol. The molecule has 1 heterocycles. The van der Waals surface area contributed by atoms with Crippen LogP contribution in [0.1, 0.15) is 12.5 Å². The number of carbonyl (C=O) groups excluding carboxylic acids is 2. The zero-order valence-corrected chi connectivity index (χ0v) is 17.3. The van der Waals surface area contributed by atoms with Crippen molar-refractivity contribution in [3.63, 3.8) is 0 Å². The minimum absolute atomic E-state index is 0.0821. The zero-order valence-electron chi connectivity index (χ0n) is 16.6. The van der Waals surface area contributed by atoms with Crippen LogP contribution in [0.4, 0.5) is 15.8 Å². The van der Waals surface area contributed by atoms with Crippen LogP contribution >= 0.6 is 11.6 Å². The van der Waals surface area contributed by atoms with Crippen LogP contribution in [0.3, 0.4) is 0 Å². The molecule has 0 saturated heterocycles. The van der Waals surface area contributed by atoms with Gasteiger partial charge >= 0.3 is 0 Å². The van der Waals surface area contributed by atoms with Crippen LogP contribution in [0.25, 0.3) is 5.57 Å². The highest BCUT2D eigenvalue weighted by molar-refractivity contribution is 6.46. The molecular formula is C24H18ClFN2O3. The Morgan fingerprint density at radius 2 is 1.61 bits per heavy atom. The van der Waals surface area contributed by atoms with Crippen LogP contribution in [0.2, 0.25) is 5.02 Å². The number of hydrogen-bond acceptors (Lipinski definition) is 4. The molecule has 3 aromatic carbocycles. The van der Waals surface area contributed by atoms with Gasteiger partial charge < -0.3 is 10.1 Å². The molecule has 0 unspecified atom stereocenters. The molecule has 7 heteroatoms. The maximum atomic E-state index is 13.5. The number of hydrogen-bond donors (Lipinski definition) is 1. The Hall–Kier alpha value is -3.64. The average molecular weight is 437 g/mol. The summed E-state index contributed by atoms with van der Waals surface area (Å²) in [6.07, 6.45) is 0. The van der Waals surface area contributed by atoms with Crippen molar-refractivity contribution >= 4 is 40.4 Å². The Morgan fingerprint density at radius 3 is 2.29 bits per heavy atom. The van der Waals surface area contributed by atoms with Crippen molar-refractivity contribution in [3.05, 3.63) is 94.9 Å². The fraction of sp³-hybridized carbons (Fsp3) is 0.0833. The lowest BCUT2D eigenvalue weighted by molar-refractivity contribution is -0.120. The van der Waals surface area contributed by atoms with Gasteiger partial charge in [0.05, 0.1) is 23.6 Å². The number of rotatable bonds is 6. The lowest BCUT2D eigenvalue weighted by atomic mass is 10.0. The SMILES string of the molecule is CCOc1ccccc1NC1=C(c2ccc(F)cc2)C(=O)N(c2ccc(Cl)cc2)C1=O. The summed E-state index contributed by atoms with van der Waals surface area (Å²) in [5, 5.41) is 3.56. The second-order valence-corrected chi connectivity index (χ2v) is 7.17. The third kappa shape index (κ3) is 4.02. The predicted molar refractivity (Wildman–Crippen MR) is 118 cm³/mol. The largest absolute Gasteiger partial charge is 0.492 e. The standard InChI is InChI=1S/C24H18ClFN2O3/c1-2-31-20-6-4-3-5-19(20)27-22-21(15-7-11-17(26)12-8-15)23(29)28(24(22)30)18-13-9-16(25)10-14-18/h3-14,27H,2H2,1H3. The minimum Gasteiger partial charge on any atom is -0.492 e. The van der Waals surface area contributed by atoms with E-state index in [9.17, 15) is 14.0 Å². The molecule has 3 aromatic rings. The van der Waals surface area contributed by atoms with E-state index in [0.29, 0.717) is 34.3 Å². The van der Waals surface area contributed by atoms with Crippen molar-refractivity contribution in [1.82, 2.24) is 0 Å². The van der Waals surface area contributed by atoms with Crippen molar-refractivity contribution in [2.24, 2.45) is 0 Å². The van der Waals surface area contributed by atoms with E-state index in [1.54, 1.807) is 42.5 Å². The van der Waals surface area contributed by atoms with Gasteiger partial charge in [-0.25, -0.2) is 9.29 Å². The fourth-order valence-corrected chi connectivity index (χ4v) is 3.47. The minimum atomic E-state index is -0.530. The summed E-state index contributed by atoms with van der Waals surface area (Å²) in [7, 11) is 0. The zero-order chi connectivity index (χ0) is 22.0. The lowest BCUT2D eigenvalue weighted by Gasteiger charge is -2.16. The maximum absolute atomic E-state index is 13.5. The summed E-state index contributed by atoms with van der Waals surface area (Å²) in [6.45, 7) is 2.29. The second-order valence-electron chi connectivity index (χ2n) is 6.73. The topological polar surface area (TPSA) is 58.6 Å². The summed E-state index contributed by atoms with van der Waals surface area (Å²) in [4.78, 5) is 27.8. The summed E-state index contributed by atoms with van der Waals surface area (Å²) in [6, 6.07) is 19.0. The van der Waals surface area contributed by atoms with Gasteiger partial charge in [0.25, 0.3) is 11.8 Å². The quantitative estimate of drug-likeness (QED) is 0.534. The van der Waals surface area contributed by atoms with Crippen molar-refractivity contribution in [2.75, 3.05) is 16.8 Å². The number of anilines is 2. The predicted octanol–water partition coefficient (Wildman–Crippen LogP) is 5.27. The Balaban J connectivity index is 1.82. The van der Waals surface area contributed by atoms with Gasteiger partial charge in [0.15, 0.2) is 0 Å². The molecule has 0 atom stereocenters. The van der Waals surface area contributed by atoms with Crippen LogP contribution in [-0.2, 0) is 9.59 Å². The lowest BCUT2D eigenvalue weighted by Crippen LogP contribution is -2.32. The van der Waals surface area contributed by atoms with Gasteiger partial charge in [-0.15, -0.1) is 0 Å². The number of benzene rings is 3. The normalized spacial score (nSPS) is 13.7. The molecule has 2 amide bonds. The third-order valence-corrected chi connectivity index (χ3v) is 5.00. The molecule has 0 radical (unpaired) electrons. The first-order chi connectivity index (χ1) is 15.0. The smallest absolute Gasteiger partial charge is 0.282 e. The van der Waals surface area contributed by atoms with Crippen molar-refractivity contribution < 1.29 is 18.7 Å². The fourth-order valence-electron chi connectivity index (χ4n) is 3.34. The summed E-state index contributed by atoms with van der Waals surface area (Å²) in [5.41, 5.74) is 1.57. The van der Waals surface area contributed by atoms with Gasteiger partial charge in [0.1, 0.15) is 17.3 Å². The number of amides is 2. The molecule has 0 saturated carbocycles. The molecule has 4 rings (SSSR count). The molecule has 1 aliphatic rings. The van der Waals surface area contributed by atoms with Gasteiger partial charge in [-0.1, -0.05) is 35.9 Å². The van der Waals surface area contributed by atoms with Crippen LogP contribution in [-0.4, -0.2) is 18.4 Å². The van der Waals surface area contributed by atoms with E-state index in [-0.39, 0.29) is 11.3 Å². The molecule has 31 heavy (non-hydrogen) atoms. The first-order valence-electron chi connectivity index (χ1n) is 9.63. The first-order valence-corrected chi connectivity index (χ1v) is 10.0. The van der Waals surface area contributed by atoms with Gasteiger partial charge in [0.2, 0.25) is 0 Å². The molecule has 5 nitrogen and oxygen atoms in total.